The van der Waals surface area contributed by atoms with E-state index in [1.54, 1.807) is 0 Å². The number of hydrogen-bond acceptors (Lipinski definition) is 4. The van der Waals surface area contributed by atoms with Gasteiger partial charge in [0, 0.05) is 11.5 Å². The summed E-state index contributed by atoms with van der Waals surface area (Å²) >= 11 is 0. The van der Waals surface area contributed by atoms with Crippen LogP contribution in [-0.2, 0) is 14.0 Å². The molecule has 146 valence electrons. The second-order valence-corrected chi connectivity index (χ2v) is 14.1. The number of esters is 1. The molecule has 1 atom stereocenters. The molecule has 0 saturated heterocycles. The Morgan fingerprint density at radius 2 is 1.56 bits per heavy atom. The van der Waals surface area contributed by atoms with E-state index >= 15 is 0 Å². The van der Waals surface area contributed by atoms with Crippen LogP contribution >= 0.6 is 0 Å². The molecule has 0 spiro atoms. The summed E-state index contributed by atoms with van der Waals surface area (Å²) in [6.07, 6.45) is 0.477. The van der Waals surface area contributed by atoms with E-state index in [0.717, 1.165) is 0 Å². The van der Waals surface area contributed by atoms with Crippen molar-refractivity contribution < 1.29 is 14.0 Å². The summed E-state index contributed by atoms with van der Waals surface area (Å²) in [5.74, 6) is -0.247. The minimum Gasteiger partial charge on any atom is -0.465 e. The molecule has 0 aliphatic heterocycles. The maximum absolute atomic E-state index is 11.8. The van der Waals surface area contributed by atoms with Crippen LogP contribution in [0.5, 0.6) is 0 Å². The van der Waals surface area contributed by atoms with Crippen molar-refractivity contribution in [2.24, 2.45) is 10.5 Å². The molecule has 6 nitrogen and oxygen atoms in total. The van der Waals surface area contributed by atoms with Gasteiger partial charge in [-0.25, -0.2) is 0 Å². The average Bonchev–Trinajstić information content (AvgIpc) is 2.45. The molecule has 0 amide bonds. The first-order valence-corrected chi connectivity index (χ1v) is 11.4. The van der Waals surface area contributed by atoms with Crippen LogP contribution < -0.4 is 0 Å². The van der Waals surface area contributed by atoms with Crippen molar-refractivity contribution in [3.63, 3.8) is 0 Å². The molecule has 0 rings (SSSR count). The van der Waals surface area contributed by atoms with Gasteiger partial charge < -0.3 is 9.16 Å². The molecule has 7 heteroatoms. The van der Waals surface area contributed by atoms with E-state index in [1.807, 2.05) is 20.8 Å². The molecule has 0 aliphatic carbocycles. The fourth-order valence-corrected chi connectivity index (χ4v) is 8.97. The molecule has 0 aliphatic rings. The van der Waals surface area contributed by atoms with Crippen molar-refractivity contribution in [1.82, 2.24) is 0 Å². The second kappa shape index (κ2) is 10.2. The molecule has 25 heavy (non-hydrogen) atoms. The van der Waals surface area contributed by atoms with Gasteiger partial charge in [-0.05, 0) is 49.3 Å². The number of carbonyl (C=O) groups is 1. The third kappa shape index (κ3) is 7.00. The summed E-state index contributed by atoms with van der Waals surface area (Å²) in [4.78, 5) is 14.8. The fourth-order valence-electron chi connectivity index (χ4n) is 3.49. The van der Waals surface area contributed by atoms with Gasteiger partial charge in [0.2, 0.25) is 0 Å². The van der Waals surface area contributed by atoms with Crippen molar-refractivity contribution in [3.05, 3.63) is 10.4 Å². The van der Waals surface area contributed by atoms with Crippen molar-refractivity contribution in [2.75, 3.05) is 13.2 Å². The first kappa shape index (κ1) is 24.0. The highest BCUT2D eigenvalue weighted by atomic mass is 28.4. The number of nitrogens with zero attached hydrogens (tertiary/aromatic N) is 3. The van der Waals surface area contributed by atoms with Gasteiger partial charge in [-0.1, -0.05) is 46.7 Å². The number of rotatable bonds is 10. The molecular formula is C18H37N3O3Si. The molecule has 0 heterocycles. The minimum absolute atomic E-state index is 0.239. The summed E-state index contributed by atoms with van der Waals surface area (Å²) < 4.78 is 11.8. The number of ether oxygens (including phenoxy) is 1. The van der Waals surface area contributed by atoms with Crippen LogP contribution in [0.1, 0.15) is 68.7 Å². The Morgan fingerprint density at radius 3 is 1.92 bits per heavy atom. The van der Waals surface area contributed by atoms with Gasteiger partial charge in [-0.3, -0.25) is 4.79 Å². The molecule has 0 radical (unpaired) electrons. The summed E-state index contributed by atoms with van der Waals surface area (Å²) in [7, 11) is -2.00. The predicted octanol–water partition coefficient (Wildman–Crippen LogP) is 5.84. The Balaban J connectivity index is 4.91. The molecule has 0 N–H and O–H groups in total. The van der Waals surface area contributed by atoms with Crippen molar-refractivity contribution in [2.45, 2.75) is 91.4 Å². The van der Waals surface area contributed by atoms with E-state index in [1.165, 1.54) is 0 Å². The Bertz CT molecular complexity index is 445. The van der Waals surface area contributed by atoms with Gasteiger partial charge in [0.05, 0.1) is 18.1 Å². The fraction of sp³-hybridized carbons (Fsp3) is 0.944. The maximum Gasteiger partial charge on any atom is 0.311 e. The zero-order chi connectivity index (χ0) is 19.8. The first-order chi connectivity index (χ1) is 11.4. The van der Waals surface area contributed by atoms with E-state index in [0.29, 0.717) is 29.7 Å². The topological polar surface area (TPSA) is 84.3 Å². The van der Waals surface area contributed by atoms with Gasteiger partial charge in [0.1, 0.15) is 0 Å². The summed E-state index contributed by atoms with van der Waals surface area (Å²) in [5, 5.41) is 3.85. The maximum atomic E-state index is 11.8. The van der Waals surface area contributed by atoms with Crippen molar-refractivity contribution >= 4 is 14.3 Å². The van der Waals surface area contributed by atoms with Gasteiger partial charge >= 0.3 is 5.97 Å². The number of hydrogen-bond donors (Lipinski definition) is 0. The minimum atomic E-state index is -2.00. The lowest BCUT2D eigenvalue weighted by Gasteiger charge is -2.42. The molecule has 0 bridgehead atoms. The summed E-state index contributed by atoms with van der Waals surface area (Å²) in [6, 6.07) is -0.319. The number of azide groups is 1. The Morgan fingerprint density at radius 1 is 1.08 bits per heavy atom. The van der Waals surface area contributed by atoms with Crippen LogP contribution in [-0.4, -0.2) is 33.5 Å². The predicted molar refractivity (Wildman–Crippen MR) is 105 cm³/mol. The van der Waals surface area contributed by atoms with E-state index in [9.17, 15) is 4.79 Å². The van der Waals surface area contributed by atoms with E-state index in [4.69, 9.17) is 14.7 Å². The normalized spacial score (nSPS) is 13.9. The number of carbonyl (C=O) groups excluding carboxylic acids is 1. The van der Waals surface area contributed by atoms with Gasteiger partial charge in [-0.15, -0.1) is 0 Å². The van der Waals surface area contributed by atoms with Gasteiger partial charge in [0.15, 0.2) is 8.32 Å². The van der Waals surface area contributed by atoms with Crippen molar-refractivity contribution in [1.29, 1.82) is 0 Å². The largest absolute Gasteiger partial charge is 0.465 e. The summed E-state index contributed by atoms with van der Waals surface area (Å²) in [6.45, 7) is 19.4. The Labute approximate surface area is 154 Å². The SMILES string of the molecule is CC(C)[Si](OC[C@@H](CCOC(=O)C(C)(C)C)N=[N+]=[N-])(C(C)C)C(C)C. The molecule has 0 aromatic rings. The Hall–Kier alpha value is -1.04. The van der Waals surface area contributed by atoms with Gasteiger partial charge in [0.25, 0.3) is 0 Å². The smallest absolute Gasteiger partial charge is 0.311 e. The monoisotopic (exact) mass is 371 g/mol. The molecule has 0 unspecified atom stereocenters. The average molecular weight is 372 g/mol. The van der Waals surface area contributed by atoms with E-state index in [2.05, 4.69) is 51.6 Å². The van der Waals surface area contributed by atoms with E-state index in [-0.39, 0.29) is 18.6 Å². The molecule has 0 saturated carbocycles. The highest BCUT2D eigenvalue weighted by Crippen LogP contribution is 2.42. The van der Waals surface area contributed by atoms with E-state index < -0.39 is 13.7 Å². The molecule has 0 fully saturated rings. The van der Waals surface area contributed by atoms with Crippen LogP contribution in [0.4, 0.5) is 0 Å². The zero-order valence-corrected chi connectivity index (χ0v) is 18.5. The lowest BCUT2D eigenvalue weighted by Crippen LogP contribution is -2.49. The highest BCUT2D eigenvalue weighted by Gasteiger charge is 2.45. The third-order valence-electron chi connectivity index (χ3n) is 4.74. The quantitative estimate of drug-likeness (QED) is 0.159. The highest BCUT2D eigenvalue weighted by molar-refractivity contribution is 6.77. The molecule has 0 aromatic heterocycles. The van der Waals surface area contributed by atoms with Crippen LogP contribution in [0.2, 0.25) is 16.6 Å². The van der Waals surface area contributed by atoms with Crippen LogP contribution in [0.25, 0.3) is 10.4 Å². The van der Waals surface area contributed by atoms with Crippen LogP contribution in [0.15, 0.2) is 5.11 Å². The third-order valence-corrected chi connectivity index (χ3v) is 10.8. The van der Waals surface area contributed by atoms with Gasteiger partial charge in [-0.2, -0.15) is 0 Å². The lowest BCUT2D eigenvalue weighted by atomic mass is 9.97. The second-order valence-electron chi connectivity index (χ2n) is 8.66. The molecular weight excluding hydrogens is 334 g/mol. The van der Waals surface area contributed by atoms with Crippen LogP contribution in [0.3, 0.4) is 0 Å². The standard InChI is InChI=1S/C18H37N3O3Si/c1-13(2)25(14(3)4,15(5)6)24-12-16(20-21-19)10-11-23-17(22)18(7,8)9/h13-16H,10-12H2,1-9H3/t16-/m1/s1. The summed E-state index contributed by atoms with van der Waals surface area (Å²) in [5.41, 5.74) is 9.72. The first-order valence-electron chi connectivity index (χ1n) is 9.24. The zero-order valence-electron chi connectivity index (χ0n) is 17.5. The molecule has 0 aromatic carbocycles. The van der Waals surface area contributed by atoms with Crippen LogP contribution in [0, 0.1) is 5.41 Å². The lowest BCUT2D eigenvalue weighted by molar-refractivity contribution is -0.153. The van der Waals surface area contributed by atoms with Crippen molar-refractivity contribution in [3.8, 4) is 0 Å². The Kier molecular flexibility index (Phi) is 9.76.